The van der Waals surface area contributed by atoms with Crippen LogP contribution in [-0.4, -0.2) is 167 Å². The van der Waals surface area contributed by atoms with Gasteiger partial charge in [-0.15, -0.1) is 0 Å². The maximum absolute atomic E-state index is 15.2. The third-order valence-corrected chi connectivity index (χ3v) is 28.3. The van der Waals surface area contributed by atoms with E-state index >= 15 is 19.2 Å². The number of piperidine rings is 4. The van der Waals surface area contributed by atoms with E-state index in [-0.39, 0.29) is 61.4 Å². The molecule has 0 bridgehead atoms. The molecule has 20 nitrogen and oxygen atoms in total. The van der Waals surface area contributed by atoms with E-state index in [4.69, 9.17) is 37.9 Å². The van der Waals surface area contributed by atoms with Gasteiger partial charge in [-0.25, -0.2) is 0 Å². The third kappa shape index (κ3) is 40.6. The van der Waals surface area contributed by atoms with Crippen LogP contribution in [0.4, 0.5) is 0 Å². The zero-order valence-corrected chi connectivity index (χ0v) is 85.9. The second-order valence-corrected chi connectivity index (χ2v) is 44.2. The number of rotatable bonds is 64. The Morgan fingerprint density at radius 1 is 0.254 bits per heavy atom. The summed E-state index contributed by atoms with van der Waals surface area (Å²) in [5, 5.41) is 7.22. The zero-order valence-electron chi connectivity index (χ0n) is 85.9. The van der Waals surface area contributed by atoms with E-state index in [2.05, 4.69) is 118 Å². The van der Waals surface area contributed by atoms with Crippen LogP contribution in [0.2, 0.25) is 0 Å². The quantitative estimate of drug-likeness (QED) is 0.0249. The predicted molar refractivity (Wildman–Crippen MR) is 513 cm³/mol. The topological polar surface area (TPSA) is 241 Å². The molecule has 0 spiro atoms. The zero-order chi connectivity index (χ0) is 94.3. The highest BCUT2D eigenvalue weighted by Crippen LogP contribution is 2.47. The van der Waals surface area contributed by atoms with Crippen molar-refractivity contribution in [3.8, 4) is 0 Å². The average Bonchev–Trinajstić information content (AvgIpc) is 0.745. The Hall–Kier alpha value is -4.40. The number of carbonyl (C=O) groups excluding carboxylic acids is 8. The molecule has 4 heterocycles. The van der Waals surface area contributed by atoms with Crippen molar-refractivity contribution in [3.63, 3.8) is 0 Å². The van der Waals surface area contributed by atoms with Crippen molar-refractivity contribution in [2.24, 2.45) is 22.7 Å². The molecule has 126 heavy (non-hydrogen) atoms. The van der Waals surface area contributed by atoms with E-state index in [0.717, 1.165) is 77.0 Å². The van der Waals surface area contributed by atoms with Gasteiger partial charge in [-0.1, -0.05) is 298 Å². The highest BCUT2D eigenvalue weighted by atomic mass is 16.6. The lowest BCUT2D eigenvalue weighted by Crippen LogP contribution is -2.63. The molecule has 0 radical (unpaired) electrons. The average molecular weight is 1780 g/mol. The molecule has 4 fully saturated rings. The van der Waals surface area contributed by atoms with Crippen LogP contribution in [0.5, 0.6) is 0 Å². The number of likely N-dealkylation sites (tertiary alicyclic amines) is 2. The van der Waals surface area contributed by atoms with Gasteiger partial charge in [0, 0.05) is 95.7 Å². The van der Waals surface area contributed by atoms with Crippen molar-refractivity contribution in [2.45, 2.75) is 568 Å². The standard InChI is InChI=1S/C54H100N2O8.C52H96N2O8/c1-14-17-19-21-23-25-27-29-31-33-35-37-61-46(57)45(16-3)54(48(59)63-43-39-50(4,5)55(12)51(6,7)40-43,49(60)64-44-41-52(8,9)56(13)53(10,11)42-44)47(58)62-38-36-34-32-30-28-26-24-22-20-18-15-2;1-12-15-17-19-21-23-25-27-29-31-33-35-59-44(55)43(14-3)52(46(57)61-41-37-48(4,5)53-49(6,7)38-41,47(58)62-42-39-50(8,9)54-51(10,11)40-42)45(56)60-36-34-32-30-28-26-24-22-20-18-16-13-2/h43-45H,14-42H2,1-13H3;41-43,53-54H,12-40H2,1-11H3. The fraction of sp³-hybridized carbons (Fsp3) is 0.925. The minimum Gasteiger partial charge on any atom is -0.465 e. The van der Waals surface area contributed by atoms with Crippen molar-refractivity contribution in [1.82, 2.24) is 20.4 Å². The number of nitrogens with zero attached hydrogens (tertiary/aromatic N) is 2. The second-order valence-electron chi connectivity index (χ2n) is 44.2. The molecule has 0 saturated carbocycles. The molecule has 0 aromatic heterocycles. The van der Waals surface area contributed by atoms with Crippen molar-refractivity contribution in [1.29, 1.82) is 0 Å². The molecule has 4 rings (SSSR count). The molecule has 20 heteroatoms. The number of hydrogen-bond donors (Lipinski definition) is 2. The van der Waals surface area contributed by atoms with Gasteiger partial charge in [-0.3, -0.25) is 48.2 Å². The number of ether oxygens (including phenoxy) is 8. The maximum Gasteiger partial charge on any atom is 0.336 e. The molecule has 0 aliphatic carbocycles. The molecule has 4 aliphatic rings. The van der Waals surface area contributed by atoms with Crippen molar-refractivity contribution in [2.75, 3.05) is 40.5 Å². The van der Waals surface area contributed by atoms with E-state index in [0.29, 0.717) is 77.0 Å². The van der Waals surface area contributed by atoms with Crippen LogP contribution in [0.1, 0.15) is 499 Å². The van der Waals surface area contributed by atoms with Gasteiger partial charge in [0.05, 0.1) is 38.3 Å². The molecular formula is C106H196N4O16. The summed E-state index contributed by atoms with van der Waals surface area (Å²) < 4.78 is 49.1. The Morgan fingerprint density at radius 3 is 0.603 bits per heavy atom. The SMILES string of the molecule is CCCCCCCCCCCCCOC(=O)C(CC)C(C(=O)OCCCCCCCCCCCCC)(C(=O)OC1CC(C)(C)N(C)C(C)(C)C1)C(=O)OC1CC(C)(C)N(C)C(C)(C)C1.CCCCCCCCCCCCCOC(=O)C(CC)C(C(=O)OCCCCCCCCCCCCC)(C(=O)OC1CC(C)(C)NC(C)(C)C1)C(=O)OC1CC(C)(C)NC(C)(C)C1. The Balaban J connectivity index is 0.000000650. The molecule has 0 aromatic rings. The monoisotopic (exact) mass is 1780 g/mol. The third-order valence-electron chi connectivity index (χ3n) is 28.3. The van der Waals surface area contributed by atoms with Crippen LogP contribution < -0.4 is 10.6 Å². The first-order chi connectivity index (χ1) is 59.4. The normalized spacial score (nSPS) is 19.3. The van der Waals surface area contributed by atoms with Crippen LogP contribution >= 0.6 is 0 Å². The summed E-state index contributed by atoms with van der Waals surface area (Å²) >= 11 is 0. The second kappa shape index (κ2) is 58.6. The van der Waals surface area contributed by atoms with Gasteiger partial charge in [0.25, 0.3) is 10.8 Å². The summed E-state index contributed by atoms with van der Waals surface area (Å²) in [5.41, 5.74) is -8.38. The van der Waals surface area contributed by atoms with E-state index in [1.165, 1.54) is 180 Å². The van der Waals surface area contributed by atoms with E-state index in [9.17, 15) is 19.2 Å². The van der Waals surface area contributed by atoms with Crippen LogP contribution in [-0.2, 0) is 76.3 Å². The summed E-state index contributed by atoms with van der Waals surface area (Å²) in [6.45, 7) is 45.8. The fourth-order valence-electron chi connectivity index (χ4n) is 21.1. The fourth-order valence-corrected chi connectivity index (χ4v) is 21.1. The largest absolute Gasteiger partial charge is 0.465 e. The van der Waals surface area contributed by atoms with Gasteiger partial charge in [0.15, 0.2) is 0 Å². The smallest absolute Gasteiger partial charge is 0.336 e. The summed E-state index contributed by atoms with van der Waals surface area (Å²) in [6, 6.07) is 0. The summed E-state index contributed by atoms with van der Waals surface area (Å²) in [4.78, 5) is 124. The summed E-state index contributed by atoms with van der Waals surface area (Å²) in [6.07, 6.45) is 51.3. The van der Waals surface area contributed by atoms with Gasteiger partial charge in [0.2, 0.25) is 0 Å². The maximum atomic E-state index is 15.2. The Kier molecular flexibility index (Phi) is 53.8. The molecule has 2 atom stereocenters. The van der Waals surface area contributed by atoms with Crippen molar-refractivity contribution < 1.29 is 76.3 Å². The van der Waals surface area contributed by atoms with Gasteiger partial charge in [-0.05, 0) is 163 Å². The summed E-state index contributed by atoms with van der Waals surface area (Å²) in [5.74, 6) is -11.0. The lowest BCUT2D eigenvalue weighted by atomic mass is 9.72. The van der Waals surface area contributed by atoms with Gasteiger partial charge >= 0.3 is 47.8 Å². The molecule has 2 N–H and O–H groups in total. The number of carbonyl (C=O) groups is 8. The molecule has 4 saturated heterocycles. The molecule has 736 valence electrons. The minimum absolute atomic E-state index is 0.0171. The molecular weight excluding hydrogens is 1590 g/mol. The first-order valence-electron chi connectivity index (χ1n) is 52.0. The van der Waals surface area contributed by atoms with Crippen LogP contribution in [0.3, 0.4) is 0 Å². The van der Waals surface area contributed by atoms with Crippen LogP contribution in [0.15, 0.2) is 0 Å². The minimum atomic E-state index is -2.70. The van der Waals surface area contributed by atoms with Gasteiger partial charge in [-0.2, -0.15) is 0 Å². The van der Waals surface area contributed by atoms with E-state index in [1.807, 2.05) is 55.4 Å². The highest BCUT2D eigenvalue weighted by molar-refractivity contribution is 6.21. The van der Waals surface area contributed by atoms with Crippen molar-refractivity contribution >= 4 is 47.8 Å². The number of esters is 8. The Bertz CT molecular complexity index is 2910. The van der Waals surface area contributed by atoms with E-state index in [1.54, 1.807) is 13.8 Å². The Labute approximate surface area is 771 Å². The molecule has 2 unspecified atom stereocenters. The van der Waals surface area contributed by atoms with Crippen molar-refractivity contribution in [3.05, 3.63) is 0 Å². The first-order valence-corrected chi connectivity index (χ1v) is 52.0. The first kappa shape index (κ1) is 116. The van der Waals surface area contributed by atoms with E-state index < -0.39 is 117 Å². The number of unbranched alkanes of at least 4 members (excludes halogenated alkanes) is 40. The number of nitrogens with one attached hydrogen (secondary N) is 2. The number of hydrogen-bond acceptors (Lipinski definition) is 20. The van der Waals surface area contributed by atoms with Gasteiger partial charge < -0.3 is 48.5 Å². The highest BCUT2D eigenvalue weighted by Gasteiger charge is 2.68. The molecule has 0 aromatic carbocycles. The van der Waals surface area contributed by atoms with Crippen LogP contribution in [0, 0.1) is 22.7 Å². The molecule has 4 aliphatic heterocycles. The predicted octanol–water partition coefficient (Wildman–Crippen LogP) is 25.5. The lowest BCUT2D eigenvalue weighted by molar-refractivity contribution is -0.205. The lowest BCUT2D eigenvalue weighted by Gasteiger charge is -2.53. The Morgan fingerprint density at radius 2 is 0.421 bits per heavy atom. The van der Waals surface area contributed by atoms with Crippen LogP contribution in [0.25, 0.3) is 0 Å². The molecule has 0 amide bonds. The summed E-state index contributed by atoms with van der Waals surface area (Å²) in [7, 11) is 4.13. The van der Waals surface area contributed by atoms with Gasteiger partial charge in [0.1, 0.15) is 24.4 Å².